The first-order valence-corrected chi connectivity index (χ1v) is 6.01. The number of hydrogen-bond donors (Lipinski definition) is 1. The summed E-state index contributed by atoms with van der Waals surface area (Å²) in [5.41, 5.74) is 0.391. The first-order valence-electron chi connectivity index (χ1n) is 6.01. The molecule has 0 aliphatic rings. The van der Waals surface area contributed by atoms with E-state index in [1.165, 1.54) is 0 Å². The SMILES string of the molecule is CCn1nccc1C(O)(COC)c1ccccc1. The van der Waals surface area contributed by atoms with Crippen molar-refractivity contribution in [3.05, 3.63) is 53.9 Å². The highest BCUT2D eigenvalue weighted by molar-refractivity contribution is 5.32. The Balaban J connectivity index is 2.51. The maximum atomic E-state index is 11.0. The fourth-order valence-electron chi connectivity index (χ4n) is 2.16. The monoisotopic (exact) mass is 246 g/mol. The third-order valence-electron chi connectivity index (χ3n) is 3.04. The van der Waals surface area contributed by atoms with Crippen molar-refractivity contribution >= 4 is 0 Å². The van der Waals surface area contributed by atoms with Crippen molar-refractivity contribution < 1.29 is 9.84 Å². The predicted molar refractivity (Wildman–Crippen MR) is 69.2 cm³/mol. The van der Waals surface area contributed by atoms with Crippen LogP contribution in [-0.4, -0.2) is 28.6 Å². The molecular formula is C14H18N2O2. The lowest BCUT2D eigenvalue weighted by Crippen LogP contribution is -2.35. The van der Waals surface area contributed by atoms with Crippen LogP contribution >= 0.6 is 0 Å². The smallest absolute Gasteiger partial charge is 0.154 e. The van der Waals surface area contributed by atoms with Gasteiger partial charge in [0, 0.05) is 19.9 Å². The molecule has 2 aromatic rings. The number of aromatic nitrogens is 2. The summed E-state index contributed by atoms with van der Waals surface area (Å²) in [5, 5.41) is 15.2. The van der Waals surface area contributed by atoms with Gasteiger partial charge in [-0.05, 0) is 18.6 Å². The van der Waals surface area contributed by atoms with Gasteiger partial charge < -0.3 is 9.84 Å². The Kier molecular flexibility index (Phi) is 3.79. The Morgan fingerprint density at radius 2 is 2.00 bits per heavy atom. The van der Waals surface area contributed by atoms with E-state index < -0.39 is 5.60 Å². The average Bonchev–Trinajstić information content (AvgIpc) is 2.89. The van der Waals surface area contributed by atoms with E-state index in [2.05, 4.69) is 5.10 Å². The number of hydrogen-bond acceptors (Lipinski definition) is 3. The van der Waals surface area contributed by atoms with E-state index in [-0.39, 0.29) is 6.61 Å². The second-order valence-corrected chi connectivity index (χ2v) is 4.19. The highest BCUT2D eigenvalue weighted by Crippen LogP contribution is 2.29. The number of methoxy groups -OCH3 is 1. The number of aliphatic hydroxyl groups is 1. The fraction of sp³-hybridized carbons (Fsp3) is 0.357. The average molecular weight is 246 g/mol. The predicted octanol–water partition coefficient (Wildman–Crippen LogP) is 1.79. The van der Waals surface area contributed by atoms with Crippen molar-refractivity contribution in [2.45, 2.75) is 19.1 Å². The lowest BCUT2D eigenvalue weighted by molar-refractivity contribution is -0.00950. The molecule has 0 radical (unpaired) electrons. The molecule has 0 amide bonds. The summed E-state index contributed by atoms with van der Waals surface area (Å²) < 4.78 is 6.98. The third kappa shape index (κ3) is 2.17. The zero-order valence-electron chi connectivity index (χ0n) is 10.7. The molecule has 4 heteroatoms. The number of rotatable bonds is 5. The molecule has 18 heavy (non-hydrogen) atoms. The van der Waals surface area contributed by atoms with E-state index >= 15 is 0 Å². The van der Waals surface area contributed by atoms with Crippen molar-refractivity contribution in [3.8, 4) is 0 Å². The van der Waals surface area contributed by atoms with E-state index in [1.54, 1.807) is 18.0 Å². The normalized spacial score (nSPS) is 14.4. The summed E-state index contributed by atoms with van der Waals surface area (Å²) in [6.07, 6.45) is 1.70. The van der Waals surface area contributed by atoms with Gasteiger partial charge in [0.15, 0.2) is 5.60 Å². The topological polar surface area (TPSA) is 47.3 Å². The Bertz CT molecular complexity index is 496. The van der Waals surface area contributed by atoms with Crippen LogP contribution in [-0.2, 0) is 16.9 Å². The minimum Gasteiger partial charge on any atom is -0.381 e. The second kappa shape index (κ2) is 5.33. The molecule has 96 valence electrons. The third-order valence-corrected chi connectivity index (χ3v) is 3.04. The molecule has 1 unspecified atom stereocenters. The fourth-order valence-corrected chi connectivity index (χ4v) is 2.16. The number of benzene rings is 1. The highest BCUT2D eigenvalue weighted by atomic mass is 16.5. The van der Waals surface area contributed by atoms with Crippen LogP contribution in [0.15, 0.2) is 42.6 Å². The van der Waals surface area contributed by atoms with Crippen LogP contribution in [0.5, 0.6) is 0 Å². The van der Waals surface area contributed by atoms with Crippen LogP contribution in [0.2, 0.25) is 0 Å². The Hall–Kier alpha value is -1.65. The summed E-state index contributed by atoms with van der Waals surface area (Å²) in [5.74, 6) is 0. The van der Waals surface area contributed by atoms with E-state index in [0.717, 1.165) is 11.3 Å². The summed E-state index contributed by atoms with van der Waals surface area (Å²) >= 11 is 0. The lowest BCUT2D eigenvalue weighted by atomic mass is 9.91. The molecule has 0 aliphatic heterocycles. The first-order chi connectivity index (χ1) is 8.72. The van der Waals surface area contributed by atoms with Crippen molar-refractivity contribution in [3.63, 3.8) is 0 Å². The van der Waals surface area contributed by atoms with Crippen molar-refractivity contribution in [1.29, 1.82) is 0 Å². The van der Waals surface area contributed by atoms with Gasteiger partial charge in [0.2, 0.25) is 0 Å². The van der Waals surface area contributed by atoms with Gasteiger partial charge in [-0.2, -0.15) is 5.10 Å². The minimum atomic E-state index is -1.16. The minimum absolute atomic E-state index is 0.197. The van der Waals surface area contributed by atoms with Gasteiger partial charge in [0.25, 0.3) is 0 Å². The molecular weight excluding hydrogens is 228 g/mol. The summed E-state index contributed by atoms with van der Waals surface area (Å²) in [6, 6.07) is 11.4. The van der Waals surface area contributed by atoms with E-state index in [0.29, 0.717) is 6.54 Å². The molecule has 1 heterocycles. The van der Waals surface area contributed by atoms with Crippen molar-refractivity contribution in [1.82, 2.24) is 9.78 Å². The maximum absolute atomic E-state index is 11.0. The molecule has 2 rings (SSSR count). The zero-order valence-corrected chi connectivity index (χ0v) is 10.7. The maximum Gasteiger partial charge on any atom is 0.154 e. The van der Waals surface area contributed by atoms with Crippen LogP contribution in [0.4, 0.5) is 0 Å². The molecule has 1 atom stereocenters. The lowest BCUT2D eigenvalue weighted by Gasteiger charge is -2.28. The molecule has 0 bridgehead atoms. The molecule has 1 aromatic heterocycles. The van der Waals surface area contributed by atoms with Crippen molar-refractivity contribution in [2.24, 2.45) is 0 Å². The van der Waals surface area contributed by atoms with E-state index in [4.69, 9.17) is 4.74 Å². The van der Waals surface area contributed by atoms with Crippen LogP contribution < -0.4 is 0 Å². The summed E-state index contributed by atoms with van der Waals surface area (Å²) in [6.45, 7) is 2.90. The molecule has 0 spiro atoms. The van der Waals surface area contributed by atoms with Crippen LogP contribution in [0.1, 0.15) is 18.2 Å². The molecule has 4 nitrogen and oxygen atoms in total. The van der Waals surface area contributed by atoms with Gasteiger partial charge >= 0.3 is 0 Å². The standard InChI is InChI=1S/C14H18N2O2/c1-3-16-13(9-10-15-16)14(17,11-18-2)12-7-5-4-6-8-12/h4-10,17H,3,11H2,1-2H3. The van der Waals surface area contributed by atoms with Crippen LogP contribution in [0.3, 0.4) is 0 Å². The van der Waals surface area contributed by atoms with E-state index in [9.17, 15) is 5.11 Å². The molecule has 0 saturated carbocycles. The summed E-state index contributed by atoms with van der Waals surface area (Å²) in [4.78, 5) is 0. The van der Waals surface area contributed by atoms with Crippen LogP contribution in [0.25, 0.3) is 0 Å². The molecule has 0 fully saturated rings. The van der Waals surface area contributed by atoms with Gasteiger partial charge in [-0.25, -0.2) is 0 Å². The molecule has 1 aromatic carbocycles. The first kappa shape index (κ1) is 12.8. The second-order valence-electron chi connectivity index (χ2n) is 4.19. The van der Waals surface area contributed by atoms with Crippen molar-refractivity contribution in [2.75, 3.05) is 13.7 Å². The quantitative estimate of drug-likeness (QED) is 0.875. The largest absolute Gasteiger partial charge is 0.381 e. The molecule has 0 saturated heterocycles. The van der Waals surface area contributed by atoms with Gasteiger partial charge in [-0.15, -0.1) is 0 Å². The zero-order chi connectivity index (χ0) is 13.0. The van der Waals surface area contributed by atoms with Gasteiger partial charge in [0.1, 0.15) is 0 Å². The molecule has 1 N–H and O–H groups in total. The number of ether oxygens (including phenoxy) is 1. The Morgan fingerprint density at radius 1 is 1.28 bits per heavy atom. The molecule has 0 aliphatic carbocycles. The Labute approximate surface area is 107 Å². The Morgan fingerprint density at radius 3 is 2.61 bits per heavy atom. The van der Waals surface area contributed by atoms with Gasteiger partial charge in [-0.3, -0.25) is 4.68 Å². The van der Waals surface area contributed by atoms with Gasteiger partial charge in [0.05, 0.1) is 12.3 Å². The summed E-state index contributed by atoms with van der Waals surface area (Å²) in [7, 11) is 1.58. The van der Waals surface area contributed by atoms with Gasteiger partial charge in [-0.1, -0.05) is 30.3 Å². The van der Waals surface area contributed by atoms with Crippen LogP contribution in [0, 0.1) is 0 Å². The number of aryl methyl sites for hydroxylation is 1. The highest BCUT2D eigenvalue weighted by Gasteiger charge is 2.34. The number of nitrogens with zero attached hydrogens (tertiary/aromatic N) is 2. The van der Waals surface area contributed by atoms with E-state index in [1.807, 2.05) is 43.3 Å².